The van der Waals surface area contributed by atoms with Gasteiger partial charge in [0, 0.05) is 0 Å². The van der Waals surface area contributed by atoms with Crippen LogP contribution in [0.3, 0.4) is 0 Å². The first-order chi connectivity index (χ1) is 7.33. The average Bonchev–Trinajstić information content (AvgIpc) is 2.14. The van der Waals surface area contributed by atoms with Gasteiger partial charge in [0.15, 0.2) is 4.51 Å². The van der Waals surface area contributed by atoms with E-state index in [1.54, 1.807) is 38.1 Å². The Hall–Kier alpha value is -0.800. The average molecular weight is 304 g/mol. The molecule has 0 aliphatic rings. The molecule has 0 radical (unpaired) electrons. The highest BCUT2D eigenvalue weighted by atomic mass is 79.9. The Morgan fingerprint density at radius 1 is 1.56 bits per heavy atom. The third-order valence-corrected chi connectivity index (χ3v) is 2.26. The molecule has 0 spiro atoms. The van der Waals surface area contributed by atoms with Crippen LogP contribution < -0.4 is 0 Å². The second-order valence-electron chi connectivity index (χ2n) is 3.70. The van der Waals surface area contributed by atoms with Gasteiger partial charge in [-0.2, -0.15) is 0 Å². The number of alkyl halides is 1. The number of esters is 1. The summed E-state index contributed by atoms with van der Waals surface area (Å²) in [5.74, 6) is -0.456. The predicted molar refractivity (Wildman–Crippen MR) is 70.0 cm³/mol. The summed E-state index contributed by atoms with van der Waals surface area (Å²) < 4.78 is 4.44. The van der Waals surface area contributed by atoms with Gasteiger partial charge in [0.2, 0.25) is 0 Å². The summed E-state index contributed by atoms with van der Waals surface area (Å²) in [5, 5.41) is 0.360. The normalized spacial score (nSPS) is 11.0. The van der Waals surface area contributed by atoms with E-state index in [-0.39, 0.29) is 0 Å². The van der Waals surface area contributed by atoms with Gasteiger partial charge in [-0.3, -0.25) is 0 Å². The lowest BCUT2D eigenvalue weighted by molar-refractivity contribution is 0.0316. The van der Waals surface area contributed by atoms with E-state index in [9.17, 15) is 4.79 Å². The van der Waals surface area contributed by atoms with Crippen LogP contribution >= 0.6 is 27.5 Å². The highest BCUT2D eigenvalue weighted by Crippen LogP contribution is 2.24. The maximum atomic E-state index is 11.7. The van der Waals surface area contributed by atoms with Gasteiger partial charge >= 0.3 is 5.97 Å². The smallest absolute Gasteiger partial charge is 0.341 e. The molecule has 0 fully saturated rings. The van der Waals surface area contributed by atoms with Crippen LogP contribution in [0.1, 0.15) is 29.8 Å². The lowest BCUT2D eigenvalue weighted by atomic mass is 10.1. The minimum absolute atomic E-state index is 0.347. The highest BCUT2D eigenvalue weighted by Gasteiger charge is 2.21. The molecule has 0 heterocycles. The standard InChI is InChI=1S/C12H12BrClO2/c1-4-8-5-6-9(10(14)7-8)11(15)16-12(2,3)13/h4-7H,1H2,2-3H3. The maximum Gasteiger partial charge on any atom is 0.341 e. The Bertz CT molecular complexity index is 422. The van der Waals surface area contributed by atoms with Crippen LogP contribution in [0, 0.1) is 0 Å². The molecule has 0 atom stereocenters. The molecule has 0 aromatic heterocycles. The summed E-state index contributed by atoms with van der Waals surface area (Å²) in [6.45, 7) is 7.09. The van der Waals surface area contributed by atoms with Crippen LogP contribution in [-0.4, -0.2) is 10.5 Å². The van der Waals surface area contributed by atoms with Gasteiger partial charge in [0.05, 0.1) is 10.6 Å². The lowest BCUT2D eigenvalue weighted by Gasteiger charge is -2.17. The quantitative estimate of drug-likeness (QED) is 0.615. The summed E-state index contributed by atoms with van der Waals surface area (Å²) in [5.41, 5.74) is 1.21. The van der Waals surface area contributed by atoms with Crippen molar-refractivity contribution >= 4 is 39.6 Å². The number of hydrogen-bond donors (Lipinski definition) is 0. The first-order valence-corrected chi connectivity index (χ1v) is 5.85. The number of carbonyl (C=O) groups is 1. The van der Waals surface area contributed by atoms with Crippen molar-refractivity contribution in [2.24, 2.45) is 0 Å². The zero-order valence-corrected chi connectivity index (χ0v) is 11.4. The molecule has 0 unspecified atom stereocenters. The van der Waals surface area contributed by atoms with Crippen molar-refractivity contribution in [1.29, 1.82) is 0 Å². The van der Waals surface area contributed by atoms with E-state index in [4.69, 9.17) is 16.3 Å². The molecule has 0 saturated carbocycles. The molecule has 4 heteroatoms. The number of halogens is 2. The van der Waals surface area contributed by atoms with Crippen molar-refractivity contribution in [3.05, 3.63) is 40.9 Å². The summed E-state index contributed by atoms with van der Waals surface area (Å²) in [6, 6.07) is 5.06. The van der Waals surface area contributed by atoms with Crippen LogP contribution in [0.2, 0.25) is 5.02 Å². The highest BCUT2D eigenvalue weighted by molar-refractivity contribution is 9.10. The predicted octanol–water partition coefficient (Wildman–Crippen LogP) is 4.27. The third-order valence-electron chi connectivity index (χ3n) is 1.78. The molecular weight excluding hydrogens is 291 g/mol. The molecule has 1 aromatic carbocycles. The lowest BCUT2D eigenvalue weighted by Crippen LogP contribution is -2.20. The number of benzene rings is 1. The summed E-state index contributed by atoms with van der Waals surface area (Å²) >= 11 is 9.19. The molecule has 16 heavy (non-hydrogen) atoms. The first kappa shape index (κ1) is 13.3. The van der Waals surface area contributed by atoms with Crippen LogP contribution in [0.5, 0.6) is 0 Å². The Kier molecular flexibility index (Phi) is 4.16. The molecule has 0 amide bonds. The van der Waals surface area contributed by atoms with Gasteiger partial charge in [0.25, 0.3) is 0 Å². The maximum absolute atomic E-state index is 11.7. The zero-order chi connectivity index (χ0) is 12.3. The second-order valence-corrected chi connectivity index (χ2v) is 6.01. The molecule has 1 rings (SSSR count). The van der Waals surface area contributed by atoms with Crippen LogP contribution in [0.15, 0.2) is 24.8 Å². The second kappa shape index (κ2) is 5.02. The topological polar surface area (TPSA) is 26.3 Å². The Morgan fingerprint density at radius 3 is 2.62 bits per heavy atom. The fourth-order valence-electron chi connectivity index (χ4n) is 1.10. The van der Waals surface area contributed by atoms with Crippen LogP contribution in [0.4, 0.5) is 0 Å². The number of ether oxygens (including phenoxy) is 1. The van der Waals surface area contributed by atoms with Crippen molar-refractivity contribution in [2.75, 3.05) is 0 Å². The van der Waals surface area contributed by atoms with E-state index < -0.39 is 10.5 Å². The number of rotatable bonds is 3. The van der Waals surface area contributed by atoms with Crippen molar-refractivity contribution < 1.29 is 9.53 Å². The Balaban J connectivity index is 2.97. The minimum atomic E-state index is -0.704. The number of carbonyl (C=O) groups excluding carboxylic acids is 1. The summed E-state index contributed by atoms with van der Waals surface area (Å²) in [7, 11) is 0. The van der Waals surface area contributed by atoms with Crippen molar-refractivity contribution in [2.45, 2.75) is 18.4 Å². The number of hydrogen-bond acceptors (Lipinski definition) is 2. The van der Waals surface area contributed by atoms with Gasteiger partial charge in [-0.1, -0.05) is 30.3 Å². The minimum Gasteiger partial charge on any atom is -0.444 e. The van der Waals surface area contributed by atoms with E-state index in [0.717, 1.165) is 5.56 Å². The van der Waals surface area contributed by atoms with Crippen molar-refractivity contribution in [3.63, 3.8) is 0 Å². The summed E-state index contributed by atoms with van der Waals surface area (Å²) in [4.78, 5) is 11.7. The zero-order valence-electron chi connectivity index (χ0n) is 9.09. The van der Waals surface area contributed by atoms with Gasteiger partial charge in [-0.05, 0) is 47.5 Å². The first-order valence-electron chi connectivity index (χ1n) is 4.68. The van der Waals surface area contributed by atoms with E-state index in [2.05, 4.69) is 22.5 Å². The molecule has 1 aromatic rings. The SMILES string of the molecule is C=Cc1ccc(C(=O)OC(C)(C)Br)c(Cl)c1. The largest absolute Gasteiger partial charge is 0.444 e. The Morgan fingerprint density at radius 2 is 2.19 bits per heavy atom. The van der Waals surface area contributed by atoms with E-state index in [1.165, 1.54) is 0 Å². The summed E-state index contributed by atoms with van der Waals surface area (Å²) in [6.07, 6.45) is 1.66. The van der Waals surface area contributed by atoms with Crippen LogP contribution in [0.25, 0.3) is 6.08 Å². The molecule has 0 N–H and O–H groups in total. The van der Waals surface area contributed by atoms with Crippen molar-refractivity contribution in [1.82, 2.24) is 0 Å². The molecule has 2 nitrogen and oxygen atoms in total. The van der Waals surface area contributed by atoms with Crippen LogP contribution in [-0.2, 0) is 4.74 Å². The van der Waals surface area contributed by atoms with E-state index in [0.29, 0.717) is 10.6 Å². The Labute approximate surface area is 108 Å². The van der Waals surface area contributed by atoms with Gasteiger partial charge in [-0.15, -0.1) is 0 Å². The van der Waals surface area contributed by atoms with Gasteiger partial charge in [-0.25, -0.2) is 4.79 Å². The molecule has 0 bridgehead atoms. The molecule has 0 saturated heterocycles. The van der Waals surface area contributed by atoms with Crippen molar-refractivity contribution in [3.8, 4) is 0 Å². The van der Waals surface area contributed by atoms with Gasteiger partial charge < -0.3 is 4.74 Å². The fraction of sp³-hybridized carbons (Fsp3) is 0.250. The molecule has 0 aliphatic heterocycles. The molecule has 0 aliphatic carbocycles. The molecular formula is C12H12BrClO2. The van der Waals surface area contributed by atoms with Gasteiger partial charge in [0.1, 0.15) is 0 Å². The monoisotopic (exact) mass is 302 g/mol. The third kappa shape index (κ3) is 3.65. The van der Waals surface area contributed by atoms with E-state index >= 15 is 0 Å². The fourth-order valence-corrected chi connectivity index (χ4v) is 1.51. The van der Waals surface area contributed by atoms with E-state index in [1.807, 2.05) is 0 Å². The molecule has 86 valence electrons.